The fourth-order valence-corrected chi connectivity index (χ4v) is 3.15. The third-order valence-corrected chi connectivity index (χ3v) is 4.25. The van der Waals surface area contributed by atoms with Gasteiger partial charge in [0.2, 0.25) is 0 Å². The van der Waals surface area contributed by atoms with Crippen molar-refractivity contribution in [1.82, 2.24) is 4.90 Å². The van der Waals surface area contributed by atoms with Gasteiger partial charge in [0.1, 0.15) is 0 Å². The number of fused-ring (bicyclic) bond motifs is 1. The molecule has 4 atom stereocenters. The Morgan fingerprint density at radius 3 is 2.81 bits per heavy atom. The van der Waals surface area contributed by atoms with Crippen LogP contribution in [0.5, 0.6) is 0 Å². The maximum Gasteiger partial charge on any atom is 0.303 e. The van der Waals surface area contributed by atoms with E-state index in [4.69, 9.17) is 5.11 Å². The first-order chi connectivity index (χ1) is 7.58. The van der Waals surface area contributed by atoms with E-state index in [0.717, 1.165) is 25.9 Å². The average molecular weight is 227 g/mol. The molecule has 0 aromatic heterocycles. The maximum atomic E-state index is 10.5. The Morgan fingerprint density at radius 2 is 2.19 bits per heavy atom. The van der Waals surface area contributed by atoms with Crippen LogP contribution >= 0.6 is 0 Å². The fourth-order valence-electron chi connectivity index (χ4n) is 3.15. The molecule has 1 aliphatic carbocycles. The Kier molecular flexibility index (Phi) is 3.50. The largest absolute Gasteiger partial charge is 0.481 e. The molecule has 1 heterocycles. The smallest absolute Gasteiger partial charge is 0.303 e. The van der Waals surface area contributed by atoms with Crippen LogP contribution in [0.15, 0.2) is 0 Å². The summed E-state index contributed by atoms with van der Waals surface area (Å²) in [5, 5.41) is 18.4. The van der Waals surface area contributed by atoms with Crippen molar-refractivity contribution in [1.29, 1.82) is 0 Å². The number of likely N-dealkylation sites (tertiary alicyclic amines) is 1. The van der Waals surface area contributed by atoms with Crippen LogP contribution in [0.1, 0.15) is 32.6 Å². The summed E-state index contributed by atoms with van der Waals surface area (Å²) in [4.78, 5) is 12.9. The highest BCUT2D eigenvalue weighted by atomic mass is 16.4. The molecule has 0 aromatic rings. The number of rotatable bonds is 4. The summed E-state index contributed by atoms with van der Waals surface area (Å²) in [7, 11) is 0. The van der Waals surface area contributed by atoms with Gasteiger partial charge in [-0.1, -0.05) is 0 Å². The lowest BCUT2D eigenvalue weighted by Crippen LogP contribution is -2.33. The summed E-state index contributed by atoms with van der Waals surface area (Å²) < 4.78 is 0. The molecule has 16 heavy (non-hydrogen) atoms. The first-order valence-electron chi connectivity index (χ1n) is 6.22. The van der Waals surface area contributed by atoms with Crippen LogP contribution in [-0.2, 0) is 4.79 Å². The molecule has 0 aromatic carbocycles. The summed E-state index contributed by atoms with van der Waals surface area (Å²) in [6.07, 6.45) is 2.92. The zero-order chi connectivity index (χ0) is 11.7. The van der Waals surface area contributed by atoms with E-state index in [1.165, 1.54) is 0 Å². The lowest BCUT2D eigenvalue weighted by molar-refractivity contribution is -0.137. The van der Waals surface area contributed by atoms with Gasteiger partial charge in [-0.05, 0) is 32.1 Å². The van der Waals surface area contributed by atoms with Gasteiger partial charge >= 0.3 is 5.97 Å². The molecule has 2 fully saturated rings. The fraction of sp³-hybridized carbons (Fsp3) is 0.917. The minimum absolute atomic E-state index is 0.123. The first-order valence-corrected chi connectivity index (χ1v) is 6.22. The second-order valence-electron chi connectivity index (χ2n) is 5.30. The molecule has 4 heteroatoms. The highest BCUT2D eigenvalue weighted by Crippen LogP contribution is 2.39. The predicted molar refractivity (Wildman–Crippen MR) is 60.1 cm³/mol. The first kappa shape index (κ1) is 11.9. The predicted octanol–water partition coefficient (Wildman–Crippen LogP) is 0.942. The molecule has 0 radical (unpaired) electrons. The summed E-state index contributed by atoms with van der Waals surface area (Å²) in [6, 6.07) is 0.328. The third-order valence-electron chi connectivity index (χ3n) is 4.25. The maximum absolute atomic E-state index is 10.5. The molecule has 2 aliphatic rings. The Hall–Kier alpha value is -0.610. The minimum Gasteiger partial charge on any atom is -0.481 e. The van der Waals surface area contributed by atoms with Crippen LogP contribution in [0.25, 0.3) is 0 Å². The number of carboxylic acids is 1. The van der Waals surface area contributed by atoms with Crippen molar-refractivity contribution in [2.75, 3.05) is 13.1 Å². The van der Waals surface area contributed by atoms with Gasteiger partial charge in [-0.25, -0.2) is 0 Å². The Labute approximate surface area is 96.3 Å². The van der Waals surface area contributed by atoms with Crippen LogP contribution in [0.3, 0.4) is 0 Å². The standard InChI is InChI=1S/C12H21NO3/c1-8(2-5-12(15)16)13-6-9-3-4-11(14)10(9)7-13/h8-11,14H,2-7H2,1H3,(H,15,16). The van der Waals surface area contributed by atoms with Crippen molar-refractivity contribution < 1.29 is 15.0 Å². The monoisotopic (exact) mass is 227 g/mol. The number of nitrogens with zero attached hydrogens (tertiary/aromatic N) is 1. The quantitative estimate of drug-likeness (QED) is 0.750. The highest BCUT2D eigenvalue weighted by Gasteiger charge is 2.42. The lowest BCUT2D eigenvalue weighted by Gasteiger charge is -2.25. The summed E-state index contributed by atoms with van der Waals surface area (Å²) in [5.41, 5.74) is 0. The summed E-state index contributed by atoms with van der Waals surface area (Å²) in [5.74, 6) is 0.362. The average Bonchev–Trinajstić information content (AvgIpc) is 2.78. The molecule has 0 bridgehead atoms. The molecule has 2 N–H and O–H groups in total. The normalized spacial score (nSPS) is 36.2. The Balaban J connectivity index is 1.82. The van der Waals surface area contributed by atoms with Crippen LogP contribution in [0, 0.1) is 11.8 Å². The number of carbonyl (C=O) groups is 1. The molecule has 1 saturated carbocycles. The molecule has 0 spiro atoms. The van der Waals surface area contributed by atoms with Gasteiger partial charge in [0.15, 0.2) is 0 Å². The molecule has 4 unspecified atom stereocenters. The van der Waals surface area contributed by atoms with E-state index in [9.17, 15) is 9.90 Å². The molecule has 1 aliphatic heterocycles. The molecule has 2 rings (SSSR count). The topological polar surface area (TPSA) is 60.8 Å². The number of aliphatic carboxylic acids is 1. The molecular weight excluding hydrogens is 206 g/mol. The second kappa shape index (κ2) is 4.72. The summed E-state index contributed by atoms with van der Waals surface area (Å²) in [6.45, 7) is 4.09. The van der Waals surface area contributed by atoms with E-state index in [2.05, 4.69) is 11.8 Å². The van der Waals surface area contributed by atoms with E-state index in [-0.39, 0.29) is 12.5 Å². The van der Waals surface area contributed by atoms with Crippen molar-refractivity contribution in [2.24, 2.45) is 11.8 Å². The number of aliphatic hydroxyl groups is 1. The zero-order valence-electron chi connectivity index (χ0n) is 9.80. The van der Waals surface area contributed by atoms with Crippen molar-refractivity contribution in [2.45, 2.75) is 44.8 Å². The van der Waals surface area contributed by atoms with E-state index < -0.39 is 5.97 Å². The molecule has 4 nitrogen and oxygen atoms in total. The molecule has 92 valence electrons. The van der Waals surface area contributed by atoms with Gasteiger partial charge in [0.05, 0.1) is 6.10 Å². The van der Waals surface area contributed by atoms with Gasteiger partial charge in [0.25, 0.3) is 0 Å². The van der Waals surface area contributed by atoms with Crippen molar-refractivity contribution >= 4 is 5.97 Å². The van der Waals surface area contributed by atoms with Crippen LogP contribution < -0.4 is 0 Å². The van der Waals surface area contributed by atoms with Gasteiger partial charge in [0, 0.05) is 31.5 Å². The van der Waals surface area contributed by atoms with Gasteiger partial charge in [-0.3, -0.25) is 9.69 Å². The van der Waals surface area contributed by atoms with Crippen LogP contribution in [0.4, 0.5) is 0 Å². The van der Waals surface area contributed by atoms with Crippen LogP contribution in [-0.4, -0.2) is 46.3 Å². The van der Waals surface area contributed by atoms with Gasteiger partial charge < -0.3 is 10.2 Å². The lowest BCUT2D eigenvalue weighted by atomic mass is 10.00. The van der Waals surface area contributed by atoms with Crippen molar-refractivity contribution in [3.05, 3.63) is 0 Å². The van der Waals surface area contributed by atoms with Crippen molar-refractivity contribution in [3.8, 4) is 0 Å². The highest BCUT2D eigenvalue weighted by molar-refractivity contribution is 5.66. The molecule has 0 amide bonds. The minimum atomic E-state index is -0.716. The molecule has 1 saturated heterocycles. The third kappa shape index (κ3) is 2.38. The Bertz CT molecular complexity index is 269. The van der Waals surface area contributed by atoms with Gasteiger partial charge in [-0.2, -0.15) is 0 Å². The number of hydrogen-bond acceptors (Lipinski definition) is 3. The van der Waals surface area contributed by atoms with E-state index in [1.54, 1.807) is 0 Å². The van der Waals surface area contributed by atoms with Crippen LogP contribution in [0.2, 0.25) is 0 Å². The summed E-state index contributed by atoms with van der Waals surface area (Å²) >= 11 is 0. The number of aliphatic hydroxyl groups excluding tert-OH is 1. The van der Waals surface area contributed by atoms with Gasteiger partial charge in [-0.15, -0.1) is 0 Å². The van der Waals surface area contributed by atoms with E-state index in [0.29, 0.717) is 24.3 Å². The Morgan fingerprint density at radius 1 is 1.44 bits per heavy atom. The second-order valence-corrected chi connectivity index (χ2v) is 5.30. The zero-order valence-corrected chi connectivity index (χ0v) is 9.80. The van der Waals surface area contributed by atoms with E-state index >= 15 is 0 Å². The number of carboxylic acid groups (broad SMARTS) is 1. The SMILES string of the molecule is CC(CCC(=O)O)N1CC2CCC(O)C2C1. The number of hydrogen-bond donors (Lipinski definition) is 2. The van der Waals surface area contributed by atoms with Crippen molar-refractivity contribution in [3.63, 3.8) is 0 Å². The van der Waals surface area contributed by atoms with E-state index in [1.807, 2.05) is 0 Å². The molecular formula is C12H21NO3.